The van der Waals surface area contributed by atoms with Crippen molar-refractivity contribution in [1.29, 1.82) is 0 Å². The van der Waals surface area contributed by atoms with Crippen LogP contribution in [0.15, 0.2) is 72.8 Å². The van der Waals surface area contributed by atoms with Crippen molar-refractivity contribution >= 4 is 17.1 Å². The zero-order valence-electron chi connectivity index (χ0n) is 17.1. The predicted octanol–water partition coefficient (Wildman–Crippen LogP) is 6.16. The maximum Gasteiger partial charge on any atom is 0.0401 e. The van der Waals surface area contributed by atoms with E-state index in [0.29, 0.717) is 0 Å². The van der Waals surface area contributed by atoms with Crippen LogP contribution in [0, 0.1) is 0 Å². The molecule has 0 heterocycles. The molecular formula is C25H31N3. The fourth-order valence-electron chi connectivity index (χ4n) is 3.80. The maximum atomic E-state index is 3.56. The molecule has 3 nitrogen and oxygen atoms in total. The van der Waals surface area contributed by atoms with Gasteiger partial charge in [-0.1, -0.05) is 54.6 Å². The van der Waals surface area contributed by atoms with Gasteiger partial charge in [0.15, 0.2) is 0 Å². The van der Waals surface area contributed by atoms with Crippen molar-refractivity contribution in [3.63, 3.8) is 0 Å². The SMILES string of the molecule is CCNc1ccccc1C(c1ccccc1NCC)c1ccccc1NCC. The lowest BCUT2D eigenvalue weighted by Gasteiger charge is -2.26. The molecule has 0 aliphatic carbocycles. The number of hydrogen-bond donors (Lipinski definition) is 3. The molecule has 0 amide bonds. The van der Waals surface area contributed by atoms with E-state index in [9.17, 15) is 0 Å². The minimum atomic E-state index is 0.126. The van der Waals surface area contributed by atoms with Crippen LogP contribution in [0.4, 0.5) is 17.1 Å². The molecule has 3 N–H and O–H groups in total. The van der Waals surface area contributed by atoms with Crippen LogP contribution in [0.25, 0.3) is 0 Å². The number of nitrogens with one attached hydrogen (secondary N) is 3. The van der Waals surface area contributed by atoms with E-state index in [1.165, 1.54) is 33.8 Å². The summed E-state index contributed by atoms with van der Waals surface area (Å²) in [5.74, 6) is 0.126. The summed E-state index contributed by atoms with van der Waals surface area (Å²) >= 11 is 0. The van der Waals surface area contributed by atoms with Gasteiger partial charge in [0.25, 0.3) is 0 Å². The standard InChI is InChI=1S/C25H31N3/c1-4-26-22-16-10-7-13-19(22)25(20-14-8-11-17-23(20)27-5-2)21-15-9-12-18-24(21)28-6-3/h7-18,25-28H,4-6H2,1-3H3. The molecule has 0 aliphatic heterocycles. The second-order valence-electron chi connectivity index (χ2n) is 6.79. The van der Waals surface area contributed by atoms with E-state index in [4.69, 9.17) is 0 Å². The Labute approximate surface area is 169 Å². The Morgan fingerprint density at radius 2 is 0.786 bits per heavy atom. The van der Waals surface area contributed by atoms with Gasteiger partial charge in [-0.2, -0.15) is 0 Å². The van der Waals surface area contributed by atoms with Crippen LogP contribution < -0.4 is 16.0 Å². The lowest BCUT2D eigenvalue weighted by molar-refractivity contribution is 0.967. The molecule has 3 heteroatoms. The van der Waals surface area contributed by atoms with Gasteiger partial charge in [0.2, 0.25) is 0 Å². The molecule has 3 rings (SSSR count). The van der Waals surface area contributed by atoms with Gasteiger partial charge in [0, 0.05) is 42.6 Å². The zero-order chi connectivity index (χ0) is 19.8. The summed E-state index contributed by atoms with van der Waals surface area (Å²) in [5, 5.41) is 10.7. The Hall–Kier alpha value is -2.94. The third-order valence-electron chi connectivity index (χ3n) is 4.92. The van der Waals surface area contributed by atoms with Gasteiger partial charge >= 0.3 is 0 Å². The highest BCUT2D eigenvalue weighted by Gasteiger charge is 2.24. The van der Waals surface area contributed by atoms with E-state index in [2.05, 4.69) is 110 Å². The van der Waals surface area contributed by atoms with Crippen LogP contribution in [0.2, 0.25) is 0 Å². The van der Waals surface area contributed by atoms with E-state index < -0.39 is 0 Å². The van der Waals surface area contributed by atoms with Crippen molar-refractivity contribution in [3.8, 4) is 0 Å². The van der Waals surface area contributed by atoms with Gasteiger partial charge in [-0.15, -0.1) is 0 Å². The molecular weight excluding hydrogens is 342 g/mol. The van der Waals surface area contributed by atoms with Crippen LogP contribution in [0.1, 0.15) is 43.4 Å². The third kappa shape index (κ3) is 4.30. The van der Waals surface area contributed by atoms with E-state index >= 15 is 0 Å². The van der Waals surface area contributed by atoms with Gasteiger partial charge in [0.05, 0.1) is 0 Å². The van der Waals surface area contributed by atoms with Crippen LogP contribution in [-0.4, -0.2) is 19.6 Å². The van der Waals surface area contributed by atoms with Gasteiger partial charge < -0.3 is 16.0 Å². The summed E-state index contributed by atoms with van der Waals surface area (Å²) in [4.78, 5) is 0. The van der Waals surface area contributed by atoms with Crippen molar-refractivity contribution in [3.05, 3.63) is 89.5 Å². The lowest BCUT2D eigenvalue weighted by atomic mass is 9.82. The number of benzene rings is 3. The lowest BCUT2D eigenvalue weighted by Crippen LogP contribution is -2.13. The molecule has 3 aromatic rings. The van der Waals surface area contributed by atoms with Crippen molar-refractivity contribution in [2.45, 2.75) is 26.7 Å². The molecule has 0 unspecified atom stereocenters. The van der Waals surface area contributed by atoms with Crippen molar-refractivity contribution < 1.29 is 0 Å². The quantitative estimate of drug-likeness (QED) is 0.393. The average Bonchev–Trinajstić information content (AvgIpc) is 2.72. The first-order chi connectivity index (χ1) is 13.8. The molecule has 0 fully saturated rings. The third-order valence-corrected chi connectivity index (χ3v) is 4.92. The Bertz CT molecular complexity index is 771. The first kappa shape index (κ1) is 19.8. The Kier molecular flexibility index (Phi) is 6.96. The first-order valence-electron chi connectivity index (χ1n) is 10.3. The van der Waals surface area contributed by atoms with Gasteiger partial charge in [-0.25, -0.2) is 0 Å². The molecule has 0 spiro atoms. The molecule has 0 atom stereocenters. The van der Waals surface area contributed by atoms with Crippen LogP contribution in [-0.2, 0) is 0 Å². The van der Waals surface area contributed by atoms with Crippen LogP contribution in [0.3, 0.4) is 0 Å². The summed E-state index contributed by atoms with van der Waals surface area (Å²) in [6, 6.07) is 26.0. The molecule has 0 aliphatic rings. The fourth-order valence-corrected chi connectivity index (χ4v) is 3.80. The fraction of sp³-hybridized carbons (Fsp3) is 0.280. The van der Waals surface area contributed by atoms with Gasteiger partial charge in [-0.05, 0) is 55.7 Å². The maximum absolute atomic E-state index is 3.56. The summed E-state index contributed by atoms with van der Waals surface area (Å²) < 4.78 is 0. The average molecular weight is 374 g/mol. The Balaban J connectivity index is 2.25. The predicted molar refractivity (Wildman–Crippen MR) is 123 cm³/mol. The van der Waals surface area contributed by atoms with Crippen molar-refractivity contribution in [1.82, 2.24) is 0 Å². The Morgan fingerprint density at radius 1 is 0.500 bits per heavy atom. The van der Waals surface area contributed by atoms with E-state index in [1.807, 2.05) is 0 Å². The monoisotopic (exact) mass is 373 g/mol. The van der Waals surface area contributed by atoms with Crippen molar-refractivity contribution in [2.75, 3.05) is 35.6 Å². The Morgan fingerprint density at radius 3 is 1.07 bits per heavy atom. The minimum Gasteiger partial charge on any atom is -0.385 e. The minimum absolute atomic E-state index is 0.126. The summed E-state index contributed by atoms with van der Waals surface area (Å²) in [7, 11) is 0. The van der Waals surface area contributed by atoms with E-state index in [0.717, 1.165) is 19.6 Å². The van der Waals surface area contributed by atoms with Gasteiger partial charge in [-0.3, -0.25) is 0 Å². The number of hydrogen-bond acceptors (Lipinski definition) is 3. The number of rotatable bonds is 9. The number of para-hydroxylation sites is 3. The molecule has 0 radical (unpaired) electrons. The zero-order valence-corrected chi connectivity index (χ0v) is 17.1. The molecule has 0 bridgehead atoms. The summed E-state index contributed by atoms with van der Waals surface area (Å²) in [6.07, 6.45) is 0. The topological polar surface area (TPSA) is 36.1 Å². The molecule has 146 valence electrons. The highest BCUT2D eigenvalue weighted by molar-refractivity contribution is 5.68. The highest BCUT2D eigenvalue weighted by Crippen LogP contribution is 2.41. The number of anilines is 3. The molecule has 0 saturated carbocycles. The van der Waals surface area contributed by atoms with E-state index in [-0.39, 0.29) is 5.92 Å². The molecule has 0 saturated heterocycles. The van der Waals surface area contributed by atoms with Crippen LogP contribution >= 0.6 is 0 Å². The molecule has 28 heavy (non-hydrogen) atoms. The smallest absolute Gasteiger partial charge is 0.0401 e. The summed E-state index contributed by atoms with van der Waals surface area (Å²) in [5.41, 5.74) is 7.44. The largest absolute Gasteiger partial charge is 0.385 e. The first-order valence-corrected chi connectivity index (χ1v) is 10.3. The highest BCUT2D eigenvalue weighted by atomic mass is 14.9. The molecule has 0 aromatic heterocycles. The normalized spacial score (nSPS) is 10.7. The second kappa shape index (κ2) is 9.84. The van der Waals surface area contributed by atoms with Crippen LogP contribution in [0.5, 0.6) is 0 Å². The van der Waals surface area contributed by atoms with Crippen molar-refractivity contribution in [2.24, 2.45) is 0 Å². The molecule has 3 aromatic carbocycles. The van der Waals surface area contributed by atoms with E-state index in [1.54, 1.807) is 0 Å². The summed E-state index contributed by atoms with van der Waals surface area (Å²) in [6.45, 7) is 9.12. The second-order valence-corrected chi connectivity index (χ2v) is 6.79. The van der Waals surface area contributed by atoms with Gasteiger partial charge in [0.1, 0.15) is 0 Å².